The van der Waals surface area contributed by atoms with Gasteiger partial charge in [0.05, 0.1) is 5.69 Å². The Morgan fingerprint density at radius 3 is 2.84 bits per heavy atom. The number of nitrogen functional groups attached to an aromatic ring is 1. The molecule has 3 rings (SSSR count). The zero-order valence-corrected chi connectivity index (χ0v) is 14.9. The molecule has 128 valence electrons. The lowest BCUT2D eigenvalue weighted by Gasteiger charge is -2.10. The molecule has 0 saturated carbocycles. The number of nitrogens with one attached hydrogen (secondary N) is 1. The molecule has 3 N–H and O–H groups in total. The maximum Gasteiger partial charge on any atom is 0.264 e. The standard InChI is InChI=1S/C19H19N3O2S/c1-12-5-3-8-17(13(12)2)24-10-18(23)22-19-21-16(11-25-19)14-6-4-7-15(20)9-14/h3-9,11H,10,20H2,1-2H3,(H,21,22,23). The summed E-state index contributed by atoms with van der Waals surface area (Å²) < 4.78 is 5.61. The number of aromatic nitrogens is 1. The molecular formula is C19H19N3O2S. The highest BCUT2D eigenvalue weighted by Crippen LogP contribution is 2.26. The van der Waals surface area contributed by atoms with E-state index in [0.717, 1.165) is 28.1 Å². The minimum absolute atomic E-state index is 0.0580. The molecule has 0 bridgehead atoms. The van der Waals surface area contributed by atoms with E-state index in [0.29, 0.717) is 10.8 Å². The molecule has 5 nitrogen and oxygen atoms in total. The number of anilines is 2. The molecular weight excluding hydrogens is 334 g/mol. The van der Waals surface area contributed by atoms with Crippen LogP contribution in [0.15, 0.2) is 47.8 Å². The molecule has 25 heavy (non-hydrogen) atoms. The molecule has 0 unspecified atom stereocenters. The highest BCUT2D eigenvalue weighted by atomic mass is 32.1. The Kier molecular flexibility index (Phi) is 5.00. The molecule has 0 aliphatic rings. The van der Waals surface area contributed by atoms with Crippen molar-refractivity contribution in [2.24, 2.45) is 0 Å². The van der Waals surface area contributed by atoms with Gasteiger partial charge < -0.3 is 10.5 Å². The fraction of sp³-hybridized carbons (Fsp3) is 0.158. The molecule has 2 aromatic carbocycles. The van der Waals surface area contributed by atoms with Crippen LogP contribution in [-0.2, 0) is 4.79 Å². The van der Waals surface area contributed by atoms with E-state index in [9.17, 15) is 4.79 Å². The van der Waals surface area contributed by atoms with Crippen LogP contribution in [0, 0.1) is 13.8 Å². The van der Waals surface area contributed by atoms with E-state index in [1.165, 1.54) is 11.3 Å². The summed E-state index contributed by atoms with van der Waals surface area (Å²) in [4.78, 5) is 16.5. The smallest absolute Gasteiger partial charge is 0.264 e. The number of hydrogen-bond donors (Lipinski definition) is 2. The second-order valence-electron chi connectivity index (χ2n) is 5.70. The number of hydrogen-bond acceptors (Lipinski definition) is 5. The zero-order valence-electron chi connectivity index (χ0n) is 14.1. The van der Waals surface area contributed by atoms with E-state index in [1.54, 1.807) is 0 Å². The van der Waals surface area contributed by atoms with Crippen LogP contribution in [-0.4, -0.2) is 17.5 Å². The molecule has 6 heteroatoms. The molecule has 0 atom stereocenters. The minimum Gasteiger partial charge on any atom is -0.483 e. The van der Waals surface area contributed by atoms with Crippen LogP contribution in [0.5, 0.6) is 5.75 Å². The third-order valence-corrected chi connectivity index (χ3v) is 4.60. The predicted molar refractivity (Wildman–Crippen MR) is 102 cm³/mol. The summed E-state index contributed by atoms with van der Waals surface area (Å²) in [5.74, 6) is 0.476. The van der Waals surface area contributed by atoms with Crippen molar-refractivity contribution in [3.63, 3.8) is 0 Å². The quantitative estimate of drug-likeness (QED) is 0.679. The highest BCUT2D eigenvalue weighted by Gasteiger charge is 2.10. The van der Waals surface area contributed by atoms with Gasteiger partial charge in [-0.25, -0.2) is 4.98 Å². The summed E-state index contributed by atoms with van der Waals surface area (Å²) >= 11 is 1.37. The van der Waals surface area contributed by atoms with Crippen molar-refractivity contribution < 1.29 is 9.53 Å². The monoisotopic (exact) mass is 353 g/mol. The van der Waals surface area contributed by atoms with E-state index in [-0.39, 0.29) is 12.5 Å². The van der Waals surface area contributed by atoms with Crippen molar-refractivity contribution >= 4 is 28.1 Å². The average Bonchev–Trinajstić information content (AvgIpc) is 3.05. The van der Waals surface area contributed by atoms with E-state index in [1.807, 2.05) is 61.7 Å². The molecule has 1 heterocycles. The Bertz CT molecular complexity index is 905. The van der Waals surface area contributed by atoms with Gasteiger partial charge in [0.15, 0.2) is 11.7 Å². The predicted octanol–water partition coefficient (Wildman–Crippen LogP) is 4.03. The Morgan fingerprint density at radius 2 is 2.04 bits per heavy atom. The van der Waals surface area contributed by atoms with Gasteiger partial charge in [0.1, 0.15) is 5.75 Å². The second kappa shape index (κ2) is 7.36. The van der Waals surface area contributed by atoms with Crippen LogP contribution < -0.4 is 15.8 Å². The number of ether oxygens (including phenoxy) is 1. The first-order chi connectivity index (χ1) is 12.0. The fourth-order valence-corrected chi connectivity index (χ4v) is 3.08. The van der Waals surface area contributed by atoms with Crippen LogP contribution in [0.4, 0.5) is 10.8 Å². The fourth-order valence-electron chi connectivity index (χ4n) is 2.34. The summed E-state index contributed by atoms with van der Waals surface area (Å²) in [6, 6.07) is 13.3. The summed E-state index contributed by atoms with van der Waals surface area (Å²) in [6.45, 7) is 3.93. The van der Waals surface area contributed by atoms with Gasteiger partial charge in [-0.2, -0.15) is 0 Å². The van der Waals surface area contributed by atoms with E-state index >= 15 is 0 Å². The highest BCUT2D eigenvalue weighted by molar-refractivity contribution is 7.14. The summed E-state index contributed by atoms with van der Waals surface area (Å²) in [6.07, 6.45) is 0. The maximum atomic E-state index is 12.1. The average molecular weight is 353 g/mol. The van der Waals surface area contributed by atoms with Gasteiger partial charge in [0.2, 0.25) is 0 Å². The lowest BCUT2D eigenvalue weighted by molar-refractivity contribution is -0.118. The third-order valence-electron chi connectivity index (χ3n) is 3.85. The van der Waals surface area contributed by atoms with Gasteiger partial charge >= 0.3 is 0 Å². The Labute approximate surface area is 150 Å². The lowest BCUT2D eigenvalue weighted by atomic mass is 10.1. The first-order valence-corrected chi connectivity index (χ1v) is 8.71. The van der Waals surface area contributed by atoms with Crippen molar-refractivity contribution in [3.05, 3.63) is 59.0 Å². The lowest BCUT2D eigenvalue weighted by Crippen LogP contribution is -2.20. The SMILES string of the molecule is Cc1cccc(OCC(=O)Nc2nc(-c3cccc(N)c3)cs2)c1C. The summed E-state index contributed by atoms with van der Waals surface area (Å²) in [5.41, 5.74) is 10.3. The molecule has 0 fully saturated rings. The number of aryl methyl sites for hydroxylation is 1. The number of amides is 1. The molecule has 0 aliphatic heterocycles. The van der Waals surface area contributed by atoms with Crippen molar-refractivity contribution in [1.82, 2.24) is 4.98 Å². The number of rotatable bonds is 5. The number of nitrogens with two attached hydrogens (primary N) is 1. The van der Waals surface area contributed by atoms with Crippen molar-refractivity contribution in [3.8, 4) is 17.0 Å². The molecule has 0 spiro atoms. The Balaban J connectivity index is 1.61. The number of carbonyl (C=O) groups is 1. The first-order valence-electron chi connectivity index (χ1n) is 7.83. The van der Waals surface area contributed by atoms with Crippen LogP contribution in [0.3, 0.4) is 0 Å². The third kappa shape index (κ3) is 4.16. The van der Waals surface area contributed by atoms with E-state index < -0.39 is 0 Å². The van der Waals surface area contributed by atoms with Crippen molar-refractivity contribution in [2.45, 2.75) is 13.8 Å². The molecule has 3 aromatic rings. The Hall–Kier alpha value is -2.86. The van der Waals surface area contributed by atoms with E-state index in [4.69, 9.17) is 10.5 Å². The van der Waals surface area contributed by atoms with Gasteiger partial charge in [-0.3, -0.25) is 10.1 Å². The second-order valence-corrected chi connectivity index (χ2v) is 6.56. The first kappa shape index (κ1) is 17.0. The summed E-state index contributed by atoms with van der Waals surface area (Å²) in [5, 5.41) is 5.18. The van der Waals surface area contributed by atoms with Gasteiger partial charge in [0.25, 0.3) is 5.91 Å². The molecule has 0 saturated heterocycles. The number of carbonyl (C=O) groups excluding carboxylic acids is 1. The Morgan fingerprint density at radius 1 is 1.24 bits per heavy atom. The van der Waals surface area contributed by atoms with Crippen LogP contribution in [0.1, 0.15) is 11.1 Å². The van der Waals surface area contributed by atoms with Gasteiger partial charge in [-0.05, 0) is 43.2 Å². The van der Waals surface area contributed by atoms with Crippen LogP contribution in [0.2, 0.25) is 0 Å². The van der Waals surface area contributed by atoms with Crippen molar-refractivity contribution in [1.29, 1.82) is 0 Å². The largest absolute Gasteiger partial charge is 0.483 e. The molecule has 0 aliphatic carbocycles. The topological polar surface area (TPSA) is 77.2 Å². The molecule has 0 radical (unpaired) electrons. The van der Waals surface area contributed by atoms with Gasteiger partial charge in [0, 0.05) is 16.6 Å². The normalized spacial score (nSPS) is 10.5. The zero-order chi connectivity index (χ0) is 17.8. The number of benzene rings is 2. The van der Waals surface area contributed by atoms with Gasteiger partial charge in [-0.1, -0.05) is 24.3 Å². The van der Waals surface area contributed by atoms with E-state index in [2.05, 4.69) is 10.3 Å². The molecule has 1 aromatic heterocycles. The van der Waals surface area contributed by atoms with Crippen LogP contribution in [0.25, 0.3) is 11.3 Å². The minimum atomic E-state index is -0.241. The summed E-state index contributed by atoms with van der Waals surface area (Å²) in [7, 11) is 0. The van der Waals surface area contributed by atoms with Gasteiger partial charge in [-0.15, -0.1) is 11.3 Å². The van der Waals surface area contributed by atoms with Crippen LogP contribution >= 0.6 is 11.3 Å². The van der Waals surface area contributed by atoms with Crippen molar-refractivity contribution in [2.75, 3.05) is 17.7 Å². The molecule has 1 amide bonds. The maximum absolute atomic E-state index is 12.1. The number of nitrogens with zero attached hydrogens (tertiary/aromatic N) is 1. The number of thiazole rings is 1.